The second-order valence-electron chi connectivity index (χ2n) is 8.59. The summed E-state index contributed by atoms with van der Waals surface area (Å²) in [6.45, 7) is 10.1. The molecule has 0 aliphatic heterocycles. The van der Waals surface area contributed by atoms with Crippen LogP contribution in [0.3, 0.4) is 0 Å². The van der Waals surface area contributed by atoms with Crippen LogP contribution in [-0.4, -0.2) is 33.7 Å². The van der Waals surface area contributed by atoms with Crippen molar-refractivity contribution in [1.82, 2.24) is 5.32 Å². The van der Waals surface area contributed by atoms with Crippen LogP contribution in [0.15, 0.2) is 48.5 Å². The van der Waals surface area contributed by atoms with Gasteiger partial charge in [0.15, 0.2) is 6.10 Å². The van der Waals surface area contributed by atoms with Crippen molar-refractivity contribution in [3.05, 3.63) is 59.7 Å². The minimum absolute atomic E-state index is 0.0824. The number of carbonyl (C=O) groups excluding carboxylic acids is 1. The van der Waals surface area contributed by atoms with Crippen LogP contribution in [0.4, 0.5) is 5.69 Å². The van der Waals surface area contributed by atoms with E-state index in [-0.39, 0.29) is 17.4 Å². The van der Waals surface area contributed by atoms with Gasteiger partial charge in [-0.2, -0.15) is 0 Å². The Morgan fingerprint density at radius 2 is 1.53 bits per heavy atom. The number of hydrogen-bond acceptors (Lipinski definition) is 4. The van der Waals surface area contributed by atoms with Crippen LogP contribution < -0.4 is 14.4 Å². The number of nitrogens with one attached hydrogen (secondary N) is 1. The second kappa shape index (κ2) is 9.08. The predicted molar refractivity (Wildman–Crippen MR) is 121 cm³/mol. The van der Waals surface area contributed by atoms with Crippen LogP contribution in [0.2, 0.25) is 0 Å². The Hall–Kier alpha value is -2.54. The Kier molecular flexibility index (Phi) is 7.18. The molecule has 1 amide bonds. The van der Waals surface area contributed by atoms with Gasteiger partial charge in [0, 0.05) is 7.05 Å². The molecular formula is C23H32N2O4S. The van der Waals surface area contributed by atoms with Crippen molar-refractivity contribution in [2.45, 2.75) is 52.2 Å². The van der Waals surface area contributed by atoms with Gasteiger partial charge in [-0.3, -0.25) is 9.10 Å². The molecule has 0 radical (unpaired) electrons. The van der Waals surface area contributed by atoms with E-state index in [4.69, 9.17) is 4.74 Å². The van der Waals surface area contributed by atoms with Gasteiger partial charge in [0.2, 0.25) is 10.0 Å². The summed E-state index contributed by atoms with van der Waals surface area (Å²) in [6.07, 6.45) is 0.446. The molecule has 0 unspecified atom stereocenters. The van der Waals surface area contributed by atoms with E-state index in [1.165, 1.54) is 16.9 Å². The van der Waals surface area contributed by atoms with E-state index in [1.54, 1.807) is 31.2 Å². The Morgan fingerprint density at radius 1 is 1.00 bits per heavy atom. The SMILES string of the molecule is C[C@@H](Oc1ccc(N(C)S(C)(=O)=O)cc1)C(=O)N[C@H](C)c1ccc(C(C)(C)C)cc1. The highest BCUT2D eigenvalue weighted by Crippen LogP contribution is 2.24. The number of carbonyl (C=O) groups is 1. The van der Waals surface area contributed by atoms with E-state index in [1.807, 2.05) is 19.1 Å². The third-order valence-corrected chi connectivity index (χ3v) is 6.22. The van der Waals surface area contributed by atoms with Crippen molar-refractivity contribution in [2.75, 3.05) is 17.6 Å². The summed E-state index contributed by atoms with van der Waals surface area (Å²) >= 11 is 0. The van der Waals surface area contributed by atoms with Crippen molar-refractivity contribution < 1.29 is 17.9 Å². The van der Waals surface area contributed by atoms with Crippen LogP contribution in [0, 0.1) is 0 Å². The van der Waals surface area contributed by atoms with Gasteiger partial charge in [-0.1, -0.05) is 45.0 Å². The molecule has 0 aliphatic rings. The number of hydrogen-bond donors (Lipinski definition) is 1. The maximum Gasteiger partial charge on any atom is 0.261 e. The normalized spacial score (nSPS) is 14.0. The molecule has 0 aromatic heterocycles. The molecule has 0 saturated heterocycles. The van der Waals surface area contributed by atoms with Crippen LogP contribution in [0.5, 0.6) is 5.75 Å². The van der Waals surface area contributed by atoms with Crippen molar-refractivity contribution in [2.24, 2.45) is 0 Å². The number of benzene rings is 2. The third kappa shape index (κ3) is 6.23. The number of rotatable bonds is 7. The van der Waals surface area contributed by atoms with E-state index in [0.29, 0.717) is 11.4 Å². The lowest BCUT2D eigenvalue weighted by Gasteiger charge is -2.22. The topological polar surface area (TPSA) is 75.7 Å². The highest BCUT2D eigenvalue weighted by atomic mass is 32.2. The summed E-state index contributed by atoms with van der Waals surface area (Å²) in [4.78, 5) is 12.5. The fraction of sp³-hybridized carbons (Fsp3) is 0.435. The molecule has 0 aliphatic carbocycles. The number of amides is 1. The van der Waals surface area contributed by atoms with E-state index in [9.17, 15) is 13.2 Å². The molecule has 2 aromatic rings. The van der Waals surface area contributed by atoms with E-state index in [2.05, 4.69) is 38.2 Å². The first-order valence-corrected chi connectivity index (χ1v) is 11.8. The molecule has 7 heteroatoms. The van der Waals surface area contributed by atoms with Crippen LogP contribution >= 0.6 is 0 Å². The van der Waals surface area contributed by atoms with Crippen molar-refractivity contribution in [1.29, 1.82) is 0 Å². The largest absolute Gasteiger partial charge is 0.481 e. The molecule has 0 saturated carbocycles. The third-order valence-electron chi connectivity index (χ3n) is 5.02. The monoisotopic (exact) mass is 432 g/mol. The van der Waals surface area contributed by atoms with Gasteiger partial charge < -0.3 is 10.1 Å². The summed E-state index contributed by atoms with van der Waals surface area (Å²) in [5, 5.41) is 2.97. The van der Waals surface area contributed by atoms with Gasteiger partial charge in [-0.15, -0.1) is 0 Å². The predicted octanol–water partition coefficient (Wildman–Crippen LogP) is 4.02. The molecule has 6 nitrogen and oxygen atoms in total. The summed E-state index contributed by atoms with van der Waals surface area (Å²) < 4.78 is 30.1. The average Bonchev–Trinajstić information content (AvgIpc) is 2.66. The van der Waals surface area contributed by atoms with Crippen LogP contribution in [0.1, 0.15) is 51.8 Å². The van der Waals surface area contributed by atoms with E-state index >= 15 is 0 Å². The average molecular weight is 433 g/mol. The van der Waals surface area contributed by atoms with Gasteiger partial charge in [0.1, 0.15) is 5.75 Å². The molecule has 30 heavy (non-hydrogen) atoms. The first kappa shape index (κ1) is 23.7. The zero-order valence-corrected chi connectivity index (χ0v) is 19.6. The molecule has 0 heterocycles. The minimum Gasteiger partial charge on any atom is -0.481 e. The Labute approximate surface area is 180 Å². The lowest BCUT2D eigenvalue weighted by molar-refractivity contribution is -0.127. The molecule has 0 bridgehead atoms. The molecule has 2 aromatic carbocycles. The number of anilines is 1. The number of nitrogens with zero attached hydrogens (tertiary/aromatic N) is 1. The van der Waals surface area contributed by atoms with E-state index < -0.39 is 16.1 Å². The van der Waals surface area contributed by atoms with Crippen molar-refractivity contribution >= 4 is 21.6 Å². The van der Waals surface area contributed by atoms with Crippen LogP contribution in [-0.2, 0) is 20.2 Å². The maximum absolute atomic E-state index is 12.5. The minimum atomic E-state index is -3.33. The maximum atomic E-state index is 12.5. The second-order valence-corrected chi connectivity index (χ2v) is 10.6. The van der Waals surface area contributed by atoms with Gasteiger partial charge in [0.05, 0.1) is 18.0 Å². The summed E-state index contributed by atoms with van der Waals surface area (Å²) in [6, 6.07) is 14.7. The quantitative estimate of drug-likeness (QED) is 0.717. The summed E-state index contributed by atoms with van der Waals surface area (Å²) in [5.41, 5.74) is 2.87. The van der Waals surface area contributed by atoms with Crippen molar-refractivity contribution in [3.63, 3.8) is 0 Å². The van der Waals surface area contributed by atoms with Gasteiger partial charge in [-0.25, -0.2) is 8.42 Å². The summed E-state index contributed by atoms with van der Waals surface area (Å²) in [7, 11) is -1.84. The standard InChI is InChI=1S/C23H32N2O4S/c1-16(18-8-10-19(11-9-18)23(3,4)5)24-22(26)17(2)29-21-14-12-20(13-15-21)25(6)30(7,27)28/h8-17H,1-7H3,(H,24,26)/t16-,17-/m1/s1. The molecule has 2 atom stereocenters. The Balaban J connectivity index is 1.97. The first-order chi connectivity index (χ1) is 13.8. The zero-order valence-electron chi connectivity index (χ0n) is 18.8. The van der Waals surface area contributed by atoms with Crippen LogP contribution in [0.25, 0.3) is 0 Å². The van der Waals surface area contributed by atoms with E-state index in [0.717, 1.165) is 11.8 Å². The smallest absolute Gasteiger partial charge is 0.261 e. The van der Waals surface area contributed by atoms with Crippen molar-refractivity contribution in [3.8, 4) is 5.75 Å². The fourth-order valence-electron chi connectivity index (χ4n) is 2.87. The summed E-state index contributed by atoms with van der Waals surface area (Å²) in [5.74, 6) is 0.269. The Morgan fingerprint density at radius 3 is 2.00 bits per heavy atom. The molecule has 0 spiro atoms. The molecule has 2 rings (SSSR count). The van der Waals surface area contributed by atoms with Gasteiger partial charge in [-0.05, 0) is 54.7 Å². The highest BCUT2D eigenvalue weighted by molar-refractivity contribution is 7.92. The van der Waals surface area contributed by atoms with Gasteiger partial charge in [0.25, 0.3) is 5.91 Å². The number of sulfonamides is 1. The first-order valence-electron chi connectivity index (χ1n) is 9.90. The lowest BCUT2D eigenvalue weighted by Crippen LogP contribution is -2.37. The lowest BCUT2D eigenvalue weighted by atomic mass is 9.86. The number of ether oxygens (including phenoxy) is 1. The highest BCUT2D eigenvalue weighted by Gasteiger charge is 2.19. The zero-order chi connectivity index (χ0) is 22.7. The molecule has 0 fully saturated rings. The van der Waals surface area contributed by atoms with Gasteiger partial charge >= 0.3 is 0 Å². The molecule has 164 valence electrons. The fourth-order valence-corrected chi connectivity index (χ4v) is 3.37. The Bertz CT molecular complexity index is 962. The molecule has 1 N–H and O–H groups in total. The molecular weight excluding hydrogens is 400 g/mol.